The smallest absolute Gasteiger partial charge is 0.269 e. The number of aromatic amines is 1. The van der Waals surface area contributed by atoms with Gasteiger partial charge in [0.15, 0.2) is 9.84 Å². The standard InChI is InChI=1S/C23H20Cl2N4O3S/c1-29-10-9-26-20(29)14-27-23(30)21-22(18-13-17(25)7-8-19(18)28-21)33(31,32)11-3-5-15-4-2-6-16(24)12-15/h2-10,12-13,28H,11,14H2,1H3,(H,27,30). The second kappa shape index (κ2) is 9.43. The van der Waals surface area contributed by atoms with Crippen LogP contribution in [0.5, 0.6) is 0 Å². The minimum atomic E-state index is -3.89. The van der Waals surface area contributed by atoms with Gasteiger partial charge in [-0.3, -0.25) is 4.79 Å². The number of H-pyrrole nitrogens is 1. The van der Waals surface area contributed by atoms with E-state index in [9.17, 15) is 13.2 Å². The summed E-state index contributed by atoms with van der Waals surface area (Å²) in [6.45, 7) is 0.145. The number of carbonyl (C=O) groups is 1. The molecule has 4 aromatic rings. The van der Waals surface area contributed by atoms with E-state index in [1.807, 2.05) is 13.1 Å². The van der Waals surface area contributed by atoms with Crippen LogP contribution in [-0.2, 0) is 23.4 Å². The number of amides is 1. The van der Waals surface area contributed by atoms with Gasteiger partial charge in [-0.1, -0.05) is 47.5 Å². The molecule has 0 fully saturated rings. The number of imidazole rings is 1. The van der Waals surface area contributed by atoms with E-state index in [1.165, 1.54) is 12.1 Å². The van der Waals surface area contributed by atoms with Gasteiger partial charge in [-0.2, -0.15) is 0 Å². The van der Waals surface area contributed by atoms with Gasteiger partial charge in [0.05, 0.1) is 12.3 Å². The van der Waals surface area contributed by atoms with Crippen molar-refractivity contribution in [3.63, 3.8) is 0 Å². The number of nitrogens with one attached hydrogen (secondary N) is 2. The first-order chi connectivity index (χ1) is 15.7. The van der Waals surface area contributed by atoms with Gasteiger partial charge in [0.25, 0.3) is 5.91 Å². The van der Waals surface area contributed by atoms with Crippen molar-refractivity contribution in [1.82, 2.24) is 19.9 Å². The van der Waals surface area contributed by atoms with E-state index in [4.69, 9.17) is 23.2 Å². The topological polar surface area (TPSA) is 96.8 Å². The number of hydrogen-bond acceptors (Lipinski definition) is 4. The Balaban J connectivity index is 1.67. The monoisotopic (exact) mass is 502 g/mol. The third-order valence-electron chi connectivity index (χ3n) is 5.05. The Morgan fingerprint density at radius 3 is 2.70 bits per heavy atom. The number of aryl methyl sites for hydroxylation is 1. The molecule has 0 atom stereocenters. The van der Waals surface area contributed by atoms with E-state index in [1.54, 1.807) is 53.4 Å². The molecule has 0 aliphatic carbocycles. The van der Waals surface area contributed by atoms with E-state index in [-0.39, 0.29) is 22.9 Å². The lowest BCUT2D eigenvalue weighted by molar-refractivity contribution is 0.0942. The summed E-state index contributed by atoms with van der Waals surface area (Å²) in [7, 11) is -2.08. The molecule has 0 aliphatic heterocycles. The van der Waals surface area contributed by atoms with Gasteiger partial charge in [-0.15, -0.1) is 0 Å². The average Bonchev–Trinajstić information content (AvgIpc) is 3.35. The minimum absolute atomic E-state index is 0.0439. The maximum Gasteiger partial charge on any atom is 0.269 e. The number of halogens is 2. The fraction of sp³-hybridized carbons (Fsp3) is 0.130. The Labute approximate surface area is 201 Å². The van der Waals surface area contributed by atoms with E-state index >= 15 is 0 Å². The Bertz CT molecular complexity index is 1470. The van der Waals surface area contributed by atoms with Crippen LogP contribution in [-0.4, -0.2) is 34.6 Å². The van der Waals surface area contributed by atoms with E-state index in [0.717, 1.165) is 5.56 Å². The van der Waals surface area contributed by atoms with Crippen LogP contribution >= 0.6 is 23.2 Å². The minimum Gasteiger partial charge on any atom is -0.349 e. The first kappa shape index (κ1) is 23.1. The molecule has 33 heavy (non-hydrogen) atoms. The van der Waals surface area contributed by atoms with Gasteiger partial charge in [0, 0.05) is 40.4 Å². The summed E-state index contributed by atoms with van der Waals surface area (Å²) in [5, 5.41) is 4.02. The Hall–Kier alpha value is -3.07. The molecule has 0 saturated carbocycles. The average molecular weight is 503 g/mol. The summed E-state index contributed by atoms with van der Waals surface area (Å²) in [4.78, 5) is 20.0. The van der Waals surface area contributed by atoms with Crippen molar-refractivity contribution >= 4 is 55.9 Å². The van der Waals surface area contributed by atoms with Crippen LogP contribution in [0.15, 0.2) is 65.8 Å². The molecule has 0 spiro atoms. The predicted octanol–water partition coefficient (Wildman–Crippen LogP) is 4.63. The van der Waals surface area contributed by atoms with Crippen molar-refractivity contribution in [1.29, 1.82) is 0 Å². The van der Waals surface area contributed by atoms with Gasteiger partial charge >= 0.3 is 0 Å². The summed E-state index contributed by atoms with van der Waals surface area (Å²) in [6.07, 6.45) is 6.58. The van der Waals surface area contributed by atoms with Crippen LogP contribution in [0, 0.1) is 0 Å². The van der Waals surface area contributed by atoms with Crippen molar-refractivity contribution in [3.05, 3.63) is 88.1 Å². The highest BCUT2D eigenvalue weighted by Gasteiger charge is 2.27. The number of sulfone groups is 1. The lowest BCUT2D eigenvalue weighted by Crippen LogP contribution is -2.26. The maximum absolute atomic E-state index is 13.4. The first-order valence-electron chi connectivity index (χ1n) is 9.95. The largest absolute Gasteiger partial charge is 0.349 e. The molecular weight excluding hydrogens is 483 g/mol. The van der Waals surface area contributed by atoms with Gasteiger partial charge in [-0.05, 0) is 35.9 Å². The predicted molar refractivity (Wildman–Crippen MR) is 130 cm³/mol. The number of fused-ring (bicyclic) bond motifs is 1. The van der Waals surface area contributed by atoms with E-state index < -0.39 is 15.7 Å². The summed E-state index contributed by atoms with van der Waals surface area (Å²) in [5.74, 6) is -0.224. The van der Waals surface area contributed by atoms with Crippen molar-refractivity contribution in [2.75, 3.05) is 5.75 Å². The van der Waals surface area contributed by atoms with Gasteiger partial charge in [0.1, 0.15) is 16.4 Å². The summed E-state index contributed by atoms with van der Waals surface area (Å²) in [5.41, 5.74) is 1.23. The van der Waals surface area contributed by atoms with Crippen molar-refractivity contribution < 1.29 is 13.2 Å². The zero-order valence-electron chi connectivity index (χ0n) is 17.5. The molecule has 1 amide bonds. The number of nitrogens with zero attached hydrogens (tertiary/aromatic N) is 2. The third kappa shape index (κ3) is 5.13. The zero-order chi connectivity index (χ0) is 23.6. The Morgan fingerprint density at radius 1 is 1.18 bits per heavy atom. The van der Waals surface area contributed by atoms with Crippen molar-refractivity contribution in [2.24, 2.45) is 7.05 Å². The number of rotatable bonds is 7. The molecule has 0 bridgehead atoms. The van der Waals surface area contributed by atoms with Crippen LogP contribution in [0.25, 0.3) is 17.0 Å². The maximum atomic E-state index is 13.4. The highest BCUT2D eigenvalue weighted by Crippen LogP contribution is 2.30. The van der Waals surface area contributed by atoms with Crippen LogP contribution in [0.3, 0.4) is 0 Å². The quantitative estimate of drug-likeness (QED) is 0.385. The molecule has 2 N–H and O–H groups in total. The summed E-state index contributed by atoms with van der Waals surface area (Å²) >= 11 is 12.1. The van der Waals surface area contributed by atoms with Crippen LogP contribution in [0.1, 0.15) is 21.9 Å². The number of carbonyl (C=O) groups excluding carboxylic acids is 1. The molecule has 170 valence electrons. The fourth-order valence-electron chi connectivity index (χ4n) is 3.44. The molecule has 0 radical (unpaired) electrons. The van der Waals surface area contributed by atoms with Gasteiger partial charge in [-0.25, -0.2) is 13.4 Å². The number of benzene rings is 2. The van der Waals surface area contributed by atoms with Crippen LogP contribution < -0.4 is 5.32 Å². The molecule has 2 aromatic heterocycles. The lowest BCUT2D eigenvalue weighted by Gasteiger charge is -2.07. The van der Waals surface area contributed by atoms with Crippen LogP contribution in [0.2, 0.25) is 10.0 Å². The van der Waals surface area contributed by atoms with E-state index in [2.05, 4.69) is 15.3 Å². The molecule has 2 heterocycles. The van der Waals surface area contributed by atoms with Crippen molar-refractivity contribution in [2.45, 2.75) is 11.4 Å². The van der Waals surface area contributed by atoms with Gasteiger partial charge < -0.3 is 14.9 Å². The Kier molecular flexibility index (Phi) is 6.60. The number of hydrogen-bond donors (Lipinski definition) is 2. The molecule has 0 unspecified atom stereocenters. The molecule has 7 nitrogen and oxygen atoms in total. The molecular formula is C23H20Cl2N4O3S. The SMILES string of the molecule is Cn1ccnc1CNC(=O)c1[nH]c2ccc(Cl)cc2c1S(=O)(=O)CC=Cc1cccc(Cl)c1. The summed E-state index contributed by atoms with van der Waals surface area (Å²) < 4.78 is 28.5. The second-order valence-electron chi connectivity index (χ2n) is 7.39. The summed E-state index contributed by atoms with van der Waals surface area (Å²) in [6, 6.07) is 11.9. The number of aromatic nitrogens is 3. The zero-order valence-corrected chi connectivity index (χ0v) is 19.9. The molecule has 0 aliphatic rings. The normalized spacial score (nSPS) is 12.0. The highest BCUT2D eigenvalue weighted by atomic mass is 35.5. The van der Waals surface area contributed by atoms with Crippen LogP contribution in [0.4, 0.5) is 0 Å². The van der Waals surface area contributed by atoms with E-state index in [0.29, 0.717) is 26.8 Å². The molecule has 10 heteroatoms. The molecule has 4 rings (SSSR count). The fourth-order valence-corrected chi connectivity index (χ4v) is 5.29. The molecule has 2 aromatic carbocycles. The Morgan fingerprint density at radius 2 is 1.97 bits per heavy atom. The third-order valence-corrected chi connectivity index (χ3v) is 7.20. The highest BCUT2D eigenvalue weighted by molar-refractivity contribution is 7.91. The van der Waals surface area contributed by atoms with Gasteiger partial charge in [0.2, 0.25) is 0 Å². The lowest BCUT2D eigenvalue weighted by atomic mass is 10.2. The second-order valence-corrected chi connectivity index (χ2v) is 10.2. The van der Waals surface area contributed by atoms with Crippen molar-refractivity contribution in [3.8, 4) is 0 Å². The molecule has 0 saturated heterocycles. The first-order valence-corrected chi connectivity index (χ1v) is 12.4.